The third-order valence-electron chi connectivity index (χ3n) is 2.36. The number of rotatable bonds is 7. The van der Waals surface area contributed by atoms with E-state index in [4.69, 9.17) is 10.6 Å². The fourth-order valence-corrected chi connectivity index (χ4v) is 1.54. The van der Waals surface area contributed by atoms with Crippen LogP contribution < -0.4 is 16.6 Å². The Labute approximate surface area is 106 Å². The van der Waals surface area contributed by atoms with Crippen molar-refractivity contribution in [2.24, 2.45) is 5.84 Å². The number of nitrogens with zero attached hydrogens (tertiary/aromatic N) is 2. The molecule has 0 bridgehead atoms. The first-order chi connectivity index (χ1) is 8.72. The van der Waals surface area contributed by atoms with Gasteiger partial charge in [0, 0.05) is 12.1 Å². The predicted octanol–water partition coefficient (Wildman–Crippen LogP) is 0.690. The summed E-state index contributed by atoms with van der Waals surface area (Å²) in [6.45, 7) is 4.63. The molecule has 0 aliphatic heterocycles. The Hall–Kier alpha value is -1.89. The Balaban J connectivity index is 2.59. The first-order valence-electron chi connectivity index (χ1n) is 5.92. The number of anilines is 2. The van der Waals surface area contributed by atoms with Gasteiger partial charge in [-0.15, -0.1) is 0 Å². The van der Waals surface area contributed by atoms with Crippen molar-refractivity contribution >= 4 is 17.6 Å². The molecule has 1 rings (SSSR count). The molecule has 0 atom stereocenters. The maximum atomic E-state index is 11.2. The minimum Gasteiger partial charge on any atom is -0.466 e. The Kier molecular flexibility index (Phi) is 5.86. The van der Waals surface area contributed by atoms with E-state index in [2.05, 4.69) is 20.7 Å². The molecular weight excluding hydrogens is 234 g/mol. The zero-order valence-corrected chi connectivity index (χ0v) is 10.7. The minimum absolute atomic E-state index is 0.228. The molecule has 0 saturated heterocycles. The smallest absolute Gasteiger partial charge is 0.307 e. The van der Waals surface area contributed by atoms with E-state index in [1.807, 2.05) is 6.92 Å². The Bertz CT molecular complexity index is 397. The fourth-order valence-electron chi connectivity index (χ4n) is 1.54. The number of ether oxygens (including phenoxy) is 1. The van der Waals surface area contributed by atoms with E-state index in [0.717, 1.165) is 12.0 Å². The Morgan fingerprint density at radius 2 is 2.11 bits per heavy atom. The van der Waals surface area contributed by atoms with E-state index in [9.17, 15) is 4.79 Å². The van der Waals surface area contributed by atoms with Crippen molar-refractivity contribution < 1.29 is 9.53 Å². The second kappa shape index (κ2) is 7.44. The van der Waals surface area contributed by atoms with E-state index < -0.39 is 0 Å². The van der Waals surface area contributed by atoms with Crippen LogP contribution in [0, 0.1) is 0 Å². The van der Waals surface area contributed by atoms with Gasteiger partial charge in [-0.25, -0.2) is 15.8 Å². The lowest BCUT2D eigenvalue weighted by molar-refractivity contribution is -0.142. The number of aromatic nitrogens is 2. The molecule has 0 spiro atoms. The average molecular weight is 253 g/mol. The van der Waals surface area contributed by atoms with Crippen LogP contribution in [-0.2, 0) is 16.0 Å². The van der Waals surface area contributed by atoms with Crippen LogP contribution in [0.1, 0.15) is 25.8 Å². The molecule has 1 heterocycles. The molecule has 0 aliphatic carbocycles. The standard InChI is InChI=1S/C11H19N5O2/c1-3-8-10(14-7-15-11(8)16-12)13-6-5-9(17)18-4-2/h7H,3-6,12H2,1-2H3,(H2,13,14,15,16). The van der Waals surface area contributed by atoms with Crippen molar-refractivity contribution in [1.82, 2.24) is 9.97 Å². The molecule has 0 radical (unpaired) electrons. The maximum Gasteiger partial charge on any atom is 0.307 e. The second-order valence-corrected chi connectivity index (χ2v) is 3.53. The third kappa shape index (κ3) is 3.85. The monoisotopic (exact) mass is 253 g/mol. The van der Waals surface area contributed by atoms with E-state index in [-0.39, 0.29) is 5.97 Å². The van der Waals surface area contributed by atoms with Crippen LogP contribution in [0.4, 0.5) is 11.6 Å². The highest BCUT2D eigenvalue weighted by molar-refractivity contribution is 5.70. The first kappa shape index (κ1) is 14.2. The molecule has 4 N–H and O–H groups in total. The van der Waals surface area contributed by atoms with Crippen molar-refractivity contribution in [2.75, 3.05) is 23.9 Å². The summed E-state index contributed by atoms with van der Waals surface area (Å²) in [5.74, 6) is 6.42. The number of carbonyl (C=O) groups excluding carboxylic acids is 1. The molecule has 7 nitrogen and oxygen atoms in total. The lowest BCUT2D eigenvalue weighted by atomic mass is 10.2. The highest BCUT2D eigenvalue weighted by Gasteiger charge is 2.09. The quantitative estimate of drug-likeness (QED) is 0.373. The zero-order chi connectivity index (χ0) is 13.4. The number of carbonyl (C=O) groups is 1. The third-order valence-corrected chi connectivity index (χ3v) is 2.36. The minimum atomic E-state index is -0.228. The van der Waals surface area contributed by atoms with Gasteiger partial charge in [-0.2, -0.15) is 0 Å². The second-order valence-electron chi connectivity index (χ2n) is 3.53. The molecule has 18 heavy (non-hydrogen) atoms. The van der Waals surface area contributed by atoms with E-state index in [1.165, 1.54) is 6.33 Å². The van der Waals surface area contributed by atoms with Gasteiger partial charge in [0.15, 0.2) is 0 Å². The summed E-state index contributed by atoms with van der Waals surface area (Å²) < 4.78 is 4.84. The van der Waals surface area contributed by atoms with Crippen molar-refractivity contribution in [2.45, 2.75) is 26.7 Å². The Morgan fingerprint density at radius 1 is 1.39 bits per heavy atom. The largest absolute Gasteiger partial charge is 0.466 e. The van der Waals surface area contributed by atoms with E-state index in [1.54, 1.807) is 6.92 Å². The summed E-state index contributed by atoms with van der Waals surface area (Å²) in [4.78, 5) is 19.3. The summed E-state index contributed by atoms with van der Waals surface area (Å²) in [7, 11) is 0. The van der Waals surface area contributed by atoms with Crippen molar-refractivity contribution in [3.05, 3.63) is 11.9 Å². The highest BCUT2D eigenvalue weighted by Crippen LogP contribution is 2.19. The SMILES string of the molecule is CCOC(=O)CCNc1ncnc(NN)c1CC. The molecule has 1 aromatic heterocycles. The zero-order valence-electron chi connectivity index (χ0n) is 10.7. The molecule has 0 fully saturated rings. The van der Waals surface area contributed by atoms with Gasteiger partial charge in [0.25, 0.3) is 0 Å². The van der Waals surface area contributed by atoms with Crippen LogP contribution in [0.25, 0.3) is 0 Å². The van der Waals surface area contributed by atoms with Gasteiger partial charge in [0.1, 0.15) is 18.0 Å². The van der Waals surface area contributed by atoms with Crippen molar-refractivity contribution in [1.29, 1.82) is 0 Å². The van der Waals surface area contributed by atoms with Gasteiger partial charge in [-0.05, 0) is 13.3 Å². The van der Waals surface area contributed by atoms with Gasteiger partial charge in [-0.3, -0.25) is 4.79 Å². The topological polar surface area (TPSA) is 102 Å². The number of nitrogens with one attached hydrogen (secondary N) is 2. The molecule has 7 heteroatoms. The van der Waals surface area contributed by atoms with Gasteiger partial charge < -0.3 is 15.5 Å². The van der Waals surface area contributed by atoms with Gasteiger partial charge >= 0.3 is 5.97 Å². The van der Waals surface area contributed by atoms with E-state index in [0.29, 0.717) is 31.2 Å². The van der Waals surface area contributed by atoms with Crippen LogP contribution in [0.15, 0.2) is 6.33 Å². The highest BCUT2D eigenvalue weighted by atomic mass is 16.5. The number of nitrogens with two attached hydrogens (primary N) is 1. The fraction of sp³-hybridized carbons (Fsp3) is 0.545. The molecule has 0 saturated carbocycles. The number of hydrazine groups is 1. The summed E-state index contributed by atoms with van der Waals surface area (Å²) in [5, 5.41) is 3.08. The molecule has 1 aromatic rings. The van der Waals surface area contributed by atoms with Gasteiger partial charge in [0.05, 0.1) is 13.0 Å². The van der Waals surface area contributed by atoms with Crippen LogP contribution in [-0.4, -0.2) is 29.1 Å². The number of nitrogen functional groups attached to an aromatic ring is 1. The average Bonchev–Trinajstić information content (AvgIpc) is 2.38. The number of hydrogen-bond acceptors (Lipinski definition) is 7. The van der Waals surface area contributed by atoms with E-state index >= 15 is 0 Å². The maximum absolute atomic E-state index is 11.2. The van der Waals surface area contributed by atoms with Crippen LogP contribution in [0.2, 0.25) is 0 Å². The molecule has 0 unspecified atom stereocenters. The number of esters is 1. The lowest BCUT2D eigenvalue weighted by Gasteiger charge is -2.12. The number of hydrogen-bond donors (Lipinski definition) is 3. The molecular formula is C11H19N5O2. The molecule has 0 amide bonds. The summed E-state index contributed by atoms with van der Waals surface area (Å²) in [6, 6.07) is 0. The summed E-state index contributed by atoms with van der Waals surface area (Å²) >= 11 is 0. The molecule has 0 aromatic carbocycles. The molecule has 0 aliphatic rings. The van der Waals surface area contributed by atoms with Crippen LogP contribution in [0.5, 0.6) is 0 Å². The summed E-state index contributed by atoms with van der Waals surface area (Å²) in [6.07, 6.45) is 2.45. The van der Waals surface area contributed by atoms with Gasteiger partial charge in [0.2, 0.25) is 0 Å². The van der Waals surface area contributed by atoms with Crippen LogP contribution >= 0.6 is 0 Å². The van der Waals surface area contributed by atoms with Crippen molar-refractivity contribution in [3.63, 3.8) is 0 Å². The first-order valence-corrected chi connectivity index (χ1v) is 5.92. The predicted molar refractivity (Wildman–Crippen MR) is 69.0 cm³/mol. The van der Waals surface area contributed by atoms with Crippen LogP contribution in [0.3, 0.4) is 0 Å². The van der Waals surface area contributed by atoms with Crippen molar-refractivity contribution in [3.8, 4) is 0 Å². The van der Waals surface area contributed by atoms with Gasteiger partial charge in [-0.1, -0.05) is 6.92 Å². The molecule has 100 valence electrons. The normalized spacial score (nSPS) is 9.94. The summed E-state index contributed by atoms with van der Waals surface area (Å²) in [5.41, 5.74) is 3.42. The Morgan fingerprint density at radius 3 is 2.72 bits per heavy atom. The lowest BCUT2D eigenvalue weighted by Crippen LogP contribution is -2.16.